The van der Waals surface area contributed by atoms with Crippen molar-refractivity contribution in [3.8, 4) is 0 Å². The van der Waals surface area contributed by atoms with Gasteiger partial charge in [-0.15, -0.1) is 23.1 Å². The molecule has 1 aliphatic rings. The Morgan fingerprint density at radius 2 is 2.03 bits per heavy atom. The number of benzene rings is 2. The number of likely N-dealkylation sites (tertiary alicyclic amines) is 1. The zero-order valence-corrected chi connectivity index (χ0v) is 21.2. The average molecular weight is 489 g/mol. The maximum atomic E-state index is 13.5. The van der Waals surface area contributed by atoms with Gasteiger partial charge in [-0.05, 0) is 68.7 Å². The SMILES string of the molecule is Cc1ccc(CN2C[C@H](Sc3ccccn3)C[C@H]2C(=O)Nc2ccc3sc(C)nc3c2)c(C)c1. The van der Waals surface area contributed by atoms with Crippen LogP contribution in [0.25, 0.3) is 10.2 Å². The summed E-state index contributed by atoms with van der Waals surface area (Å²) >= 11 is 3.43. The van der Waals surface area contributed by atoms with Crippen molar-refractivity contribution in [2.45, 2.75) is 50.1 Å². The quantitative estimate of drug-likeness (QED) is 0.361. The number of carbonyl (C=O) groups is 1. The van der Waals surface area contributed by atoms with Crippen molar-refractivity contribution in [1.82, 2.24) is 14.9 Å². The van der Waals surface area contributed by atoms with Gasteiger partial charge in [-0.2, -0.15) is 0 Å². The van der Waals surface area contributed by atoms with Crippen molar-refractivity contribution in [3.05, 3.63) is 82.5 Å². The molecule has 1 saturated heterocycles. The smallest absolute Gasteiger partial charge is 0.241 e. The summed E-state index contributed by atoms with van der Waals surface area (Å²) in [5.41, 5.74) is 5.53. The molecule has 2 aromatic carbocycles. The summed E-state index contributed by atoms with van der Waals surface area (Å²) in [6.45, 7) is 7.87. The van der Waals surface area contributed by atoms with Crippen LogP contribution in [-0.4, -0.2) is 38.6 Å². The normalized spacial score (nSPS) is 18.4. The van der Waals surface area contributed by atoms with Crippen molar-refractivity contribution in [1.29, 1.82) is 0 Å². The first-order valence-electron chi connectivity index (χ1n) is 11.5. The Morgan fingerprint density at radius 3 is 2.82 bits per heavy atom. The minimum Gasteiger partial charge on any atom is -0.325 e. The van der Waals surface area contributed by atoms with Gasteiger partial charge in [0.15, 0.2) is 0 Å². The van der Waals surface area contributed by atoms with Gasteiger partial charge in [0.2, 0.25) is 5.91 Å². The van der Waals surface area contributed by atoms with Gasteiger partial charge in [-0.1, -0.05) is 29.8 Å². The van der Waals surface area contributed by atoms with E-state index in [9.17, 15) is 4.79 Å². The van der Waals surface area contributed by atoms with Crippen molar-refractivity contribution in [2.24, 2.45) is 0 Å². The van der Waals surface area contributed by atoms with Gasteiger partial charge < -0.3 is 5.32 Å². The molecule has 0 spiro atoms. The molecule has 0 saturated carbocycles. The number of fused-ring (bicyclic) bond motifs is 1. The molecule has 1 aliphatic heterocycles. The van der Waals surface area contributed by atoms with Crippen LogP contribution in [0, 0.1) is 20.8 Å². The topological polar surface area (TPSA) is 58.1 Å². The zero-order chi connectivity index (χ0) is 23.7. The molecule has 1 N–H and O–H groups in total. The predicted molar refractivity (Wildman–Crippen MR) is 142 cm³/mol. The van der Waals surface area contributed by atoms with E-state index in [1.54, 1.807) is 23.1 Å². The number of anilines is 1. The molecule has 5 nitrogen and oxygen atoms in total. The van der Waals surface area contributed by atoms with Gasteiger partial charge >= 0.3 is 0 Å². The van der Waals surface area contributed by atoms with E-state index in [2.05, 4.69) is 52.2 Å². The fourth-order valence-corrected chi connectivity index (χ4v) is 6.54. The summed E-state index contributed by atoms with van der Waals surface area (Å²) in [5.74, 6) is 0.0418. The second-order valence-corrected chi connectivity index (χ2v) is 11.5. The minimum atomic E-state index is -0.199. The summed E-state index contributed by atoms with van der Waals surface area (Å²) in [5, 5.41) is 5.51. The average Bonchev–Trinajstić information content (AvgIpc) is 3.38. The number of nitrogens with zero attached hydrogens (tertiary/aromatic N) is 3. The van der Waals surface area contributed by atoms with Crippen LogP contribution in [0.3, 0.4) is 0 Å². The molecule has 2 aromatic heterocycles. The standard InChI is InChI=1S/C27H28N4OS2/c1-17-7-8-20(18(2)12-17)15-31-16-22(34-26-6-4-5-11-28-26)14-24(31)27(32)30-21-9-10-25-23(13-21)29-19(3)33-25/h4-13,22,24H,14-16H2,1-3H3,(H,30,32)/t22-,24+/m1/s1. The summed E-state index contributed by atoms with van der Waals surface area (Å²) < 4.78 is 1.14. The Balaban J connectivity index is 1.36. The first-order valence-corrected chi connectivity index (χ1v) is 13.2. The van der Waals surface area contributed by atoms with Crippen LogP contribution in [0.1, 0.15) is 28.1 Å². The highest BCUT2D eigenvalue weighted by Crippen LogP contribution is 2.34. The van der Waals surface area contributed by atoms with Crippen LogP contribution in [-0.2, 0) is 11.3 Å². The molecular weight excluding hydrogens is 460 g/mol. The van der Waals surface area contributed by atoms with Crippen LogP contribution < -0.4 is 5.32 Å². The minimum absolute atomic E-state index is 0.0418. The number of thiazole rings is 1. The Hall–Kier alpha value is -2.74. The maximum Gasteiger partial charge on any atom is 0.241 e. The van der Waals surface area contributed by atoms with Crippen LogP contribution in [0.5, 0.6) is 0 Å². The summed E-state index contributed by atoms with van der Waals surface area (Å²) in [6.07, 6.45) is 2.61. The number of thioether (sulfide) groups is 1. The lowest BCUT2D eigenvalue weighted by atomic mass is 10.0. The number of amides is 1. The number of carbonyl (C=O) groups excluding carboxylic acids is 1. The Kier molecular flexibility index (Phi) is 6.68. The predicted octanol–water partition coefficient (Wildman–Crippen LogP) is 5.99. The molecule has 0 unspecified atom stereocenters. The van der Waals surface area contributed by atoms with Gasteiger partial charge in [0.1, 0.15) is 0 Å². The fourth-order valence-electron chi connectivity index (χ4n) is 4.57. The monoisotopic (exact) mass is 488 g/mol. The van der Waals surface area contributed by atoms with Gasteiger partial charge in [0, 0.05) is 30.2 Å². The first-order chi connectivity index (χ1) is 16.4. The summed E-state index contributed by atoms with van der Waals surface area (Å²) in [7, 11) is 0. The lowest BCUT2D eigenvalue weighted by molar-refractivity contribution is -0.120. The second kappa shape index (κ2) is 9.86. The molecule has 1 amide bonds. The number of hydrogen-bond acceptors (Lipinski definition) is 6. The van der Waals surface area contributed by atoms with E-state index in [-0.39, 0.29) is 11.9 Å². The van der Waals surface area contributed by atoms with Crippen molar-refractivity contribution >= 4 is 44.9 Å². The number of rotatable bonds is 6. The van der Waals surface area contributed by atoms with E-state index in [1.807, 2.05) is 49.5 Å². The molecule has 0 aliphatic carbocycles. The van der Waals surface area contributed by atoms with Crippen LogP contribution >= 0.6 is 23.1 Å². The molecule has 0 bridgehead atoms. The molecule has 3 heterocycles. The third-order valence-electron chi connectivity index (χ3n) is 6.23. The van der Waals surface area contributed by atoms with E-state index >= 15 is 0 Å². The second-order valence-electron chi connectivity index (χ2n) is 8.92. The molecule has 0 radical (unpaired) electrons. The zero-order valence-electron chi connectivity index (χ0n) is 19.6. The molecule has 5 rings (SSSR count). The third kappa shape index (κ3) is 5.17. The molecule has 174 valence electrons. The van der Waals surface area contributed by atoms with Gasteiger partial charge in [0.25, 0.3) is 0 Å². The highest BCUT2D eigenvalue weighted by atomic mass is 32.2. The molecule has 7 heteroatoms. The lowest BCUT2D eigenvalue weighted by Gasteiger charge is -2.24. The van der Waals surface area contributed by atoms with Gasteiger partial charge in [-0.25, -0.2) is 9.97 Å². The molecular formula is C27H28N4OS2. The Bertz CT molecular complexity index is 1320. The van der Waals surface area contributed by atoms with Crippen molar-refractivity contribution < 1.29 is 4.79 Å². The number of nitrogens with one attached hydrogen (secondary N) is 1. The molecule has 1 fully saturated rings. The highest BCUT2D eigenvalue weighted by molar-refractivity contribution is 7.99. The van der Waals surface area contributed by atoms with E-state index in [4.69, 9.17) is 0 Å². The highest BCUT2D eigenvalue weighted by Gasteiger charge is 2.37. The molecule has 34 heavy (non-hydrogen) atoms. The van der Waals surface area contributed by atoms with E-state index < -0.39 is 0 Å². The summed E-state index contributed by atoms with van der Waals surface area (Å²) in [4.78, 5) is 24.9. The van der Waals surface area contributed by atoms with E-state index in [1.165, 1.54) is 16.7 Å². The van der Waals surface area contributed by atoms with Crippen LogP contribution in [0.15, 0.2) is 65.8 Å². The molecule has 2 atom stereocenters. The van der Waals surface area contributed by atoms with Crippen molar-refractivity contribution in [3.63, 3.8) is 0 Å². The largest absolute Gasteiger partial charge is 0.325 e. The lowest BCUT2D eigenvalue weighted by Crippen LogP contribution is -2.39. The van der Waals surface area contributed by atoms with E-state index in [0.717, 1.165) is 45.4 Å². The van der Waals surface area contributed by atoms with Gasteiger partial charge in [-0.3, -0.25) is 9.69 Å². The Labute approximate surface area is 208 Å². The summed E-state index contributed by atoms with van der Waals surface area (Å²) in [6, 6.07) is 18.3. The van der Waals surface area contributed by atoms with E-state index in [0.29, 0.717) is 5.25 Å². The van der Waals surface area contributed by atoms with Gasteiger partial charge in [0.05, 0.1) is 26.3 Å². The van der Waals surface area contributed by atoms with Crippen molar-refractivity contribution in [2.75, 3.05) is 11.9 Å². The first kappa shape index (κ1) is 23.0. The molecule has 4 aromatic rings. The Morgan fingerprint density at radius 1 is 1.15 bits per heavy atom. The number of hydrogen-bond donors (Lipinski definition) is 1. The maximum absolute atomic E-state index is 13.5. The fraction of sp³-hybridized carbons (Fsp3) is 0.296. The van der Waals surface area contributed by atoms with Crippen LogP contribution in [0.4, 0.5) is 5.69 Å². The third-order valence-corrected chi connectivity index (χ3v) is 8.34. The number of pyridine rings is 1. The number of aryl methyl sites for hydroxylation is 3. The number of aromatic nitrogens is 2. The van der Waals surface area contributed by atoms with Crippen LogP contribution in [0.2, 0.25) is 0 Å².